The maximum Gasteiger partial charge on any atom is 0.283 e. The van der Waals surface area contributed by atoms with Crippen LogP contribution in [0.2, 0.25) is 0 Å². The average Bonchev–Trinajstić information content (AvgIpc) is 2.29. The van der Waals surface area contributed by atoms with Crippen molar-refractivity contribution in [1.82, 2.24) is 10.4 Å². The Hall–Kier alpha value is -2.34. The standard InChI is InChI=1S/C10H9N3O3/c11-13-10(16)7-1-5-2-8(14)9(15)3-6(5)4-12-7/h1-4,14-15H,11H2,(H,13,16). The van der Waals surface area contributed by atoms with Gasteiger partial charge < -0.3 is 10.2 Å². The first kappa shape index (κ1) is 10.2. The minimum absolute atomic E-state index is 0.139. The lowest BCUT2D eigenvalue weighted by Crippen LogP contribution is -2.30. The van der Waals surface area contributed by atoms with Gasteiger partial charge in [0.25, 0.3) is 5.91 Å². The van der Waals surface area contributed by atoms with Crippen molar-refractivity contribution < 1.29 is 15.0 Å². The van der Waals surface area contributed by atoms with Gasteiger partial charge in [-0.25, -0.2) is 5.84 Å². The predicted octanol–water partition coefficient (Wildman–Crippen LogP) is 0.249. The number of rotatable bonds is 1. The second-order valence-electron chi connectivity index (χ2n) is 3.23. The lowest BCUT2D eigenvalue weighted by molar-refractivity contribution is 0.0949. The number of carbonyl (C=O) groups is 1. The third kappa shape index (κ3) is 1.61. The van der Waals surface area contributed by atoms with Crippen LogP contribution in [0.4, 0.5) is 0 Å². The van der Waals surface area contributed by atoms with Crippen LogP contribution in [0.1, 0.15) is 10.5 Å². The van der Waals surface area contributed by atoms with Gasteiger partial charge in [-0.1, -0.05) is 0 Å². The number of nitrogens with one attached hydrogen (secondary N) is 1. The molecule has 2 aromatic rings. The van der Waals surface area contributed by atoms with Crippen molar-refractivity contribution in [3.8, 4) is 11.5 Å². The summed E-state index contributed by atoms with van der Waals surface area (Å²) in [6, 6.07) is 4.18. The highest BCUT2D eigenvalue weighted by atomic mass is 16.3. The number of phenolic OH excluding ortho intramolecular Hbond substituents is 2. The fourth-order valence-electron chi connectivity index (χ4n) is 1.37. The Morgan fingerprint density at radius 1 is 1.19 bits per heavy atom. The Morgan fingerprint density at radius 3 is 2.44 bits per heavy atom. The number of aromatic hydroxyl groups is 2. The molecule has 1 amide bonds. The minimum atomic E-state index is -0.519. The number of hydrogen-bond acceptors (Lipinski definition) is 5. The number of nitrogens with zero attached hydrogens (tertiary/aromatic N) is 1. The summed E-state index contributed by atoms with van der Waals surface area (Å²) in [4.78, 5) is 15.1. The number of phenols is 2. The van der Waals surface area contributed by atoms with E-state index in [1.807, 2.05) is 5.43 Å². The highest BCUT2D eigenvalue weighted by molar-refractivity contribution is 5.96. The molecule has 0 aliphatic heterocycles. The number of nitrogens with two attached hydrogens (primary N) is 1. The zero-order chi connectivity index (χ0) is 11.7. The molecule has 16 heavy (non-hydrogen) atoms. The number of amides is 1. The zero-order valence-corrected chi connectivity index (χ0v) is 8.14. The lowest BCUT2D eigenvalue weighted by Gasteiger charge is -2.03. The molecule has 0 saturated carbocycles. The Morgan fingerprint density at radius 2 is 1.81 bits per heavy atom. The largest absolute Gasteiger partial charge is 0.504 e. The van der Waals surface area contributed by atoms with Crippen LogP contribution < -0.4 is 11.3 Å². The van der Waals surface area contributed by atoms with Crippen LogP contribution in [0.3, 0.4) is 0 Å². The van der Waals surface area contributed by atoms with E-state index in [2.05, 4.69) is 4.98 Å². The van der Waals surface area contributed by atoms with Gasteiger partial charge in [-0.05, 0) is 23.6 Å². The van der Waals surface area contributed by atoms with Gasteiger partial charge in [-0.2, -0.15) is 0 Å². The van der Waals surface area contributed by atoms with Crippen LogP contribution in [-0.2, 0) is 0 Å². The van der Waals surface area contributed by atoms with E-state index in [1.165, 1.54) is 24.4 Å². The molecule has 0 aliphatic rings. The summed E-state index contributed by atoms with van der Waals surface area (Å²) in [6.07, 6.45) is 1.42. The molecule has 0 bridgehead atoms. The molecule has 0 saturated heterocycles. The summed E-state index contributed by atoms with van der Waals surface area (Å²) < 4.78 is 0. The fraction of sp³-hybridized carbons (Fsp3) is 0. The van der Waals surface area contributed by atoms with Crippen LogP contribution in [0.5, 0.6) is 11.5 Å². The normalized spacial score (nSPS) is 10.3. The molecule has 0 fully saturated rings. The molecule has 0 unspecified atom stereocenters. The quantitative estimate of drug-likeness (QED) is 0.238. The molecular formula is C10H9N3O3. The van der Waals surface area contributed by atoms with Gasteiger partial charge in [0.05, 0.1) is 0 Å². The maximum atomic E-state index is 11.2. The highest BCUT2D eigenvalue weighted by Crippen LogP contribution is 2.29. The van der Waals surface area contributed by atoms with Crippen molar-refractivity contribution in [2.75, 3.05) is 0 Å². The highest BCUT2D eigenvalue weighted by Gasteiger charge is 2.08. The number of hydrazine groups is 1. The van der Waals surface area contributed by atoms with Gasteiger partial charge in [0, 0.05) is 11.6 Å². The van der Waals surface area contributed by atoms with Crippen LogP contribution in [0.15, 0.2) is 24.4 Å². The van der Waals surface area contributed by atoms with E-state index in [1.54, 1.807) is 0 Å². The van der Waals surface area contributed by atoms with E-state index < -0.39 is 5.91 Å². The van der Waals surface area contributed by atoms with E-state index in [4.69, 9.17) is 5.84 Å². The van der Waals surface area contributed by atoms with E-state index in [0.717, 1.165) is 0 Å². The van der Waals surface area contributed by atoms with Gasteiger partial charge in [0.1, 0.15) is 5.69 Å². The van der Waals surface area contributed by atoms with Crippen LogP contribution >= 0.6 is 0 Å². The van der Waals surface area contributed by atoms with Crippen LogP contribution in [-0.4, -0.2) is 21.1 Å². The van der Waals surface area contributed by atoms with Gasteiger partial charge in [0.2, 0.25) is 0 Å². The molecule has 1 aromatic carbocycles. The van der Waals surface area contributed by atoms with Crippen molar-refractivity contribution in [1.29, 1.82) is 0 Å². The zero-order valence-electron chi connectivity index (χ0n) is 8.14. The molecule has 0 radical (unpaired) electrons. The average molecular weight is 219 g/mol. The van der Waals surface area contributed by atoms with Crippen LogP contribution in [0, 0.1) is 0 Å². The number of nitrogen functional groups attached to an aromatic ring is 1. The van der Waals surface area contributed by atoms with Gasteiger partial charge >= 0.3 is 0 Å². The van der Waals surface area contributed by atoms with E-state index in [-0.39, 0.29) is 17.2 Å². The first-order valence-electron chi connectivity index (χ1n) is 4.44. The fourth-order valence-corrected chi connectivity index (χ4v) is 1.37. The second-order valence-corrected chi connectivity index (χ2v) is 3.23. The Balaban J connectivity index is 2.62. The Kier molecular flexibility index (Phi) is 2.34. The number of benzene rings is 1. The first-order valence-corrected chi connectivity index (χ1v) is 4.44. The van der Waals surface area contributed by atoms with Gasteiger partial charge in [-0.3, -0.25) is 15.2 Å². The number of fused-ring (bicyclic) bond motifs is 1. The summed E-state index contributed by atoms with van der Waals surface area (Å²) in [5.74, 6) is 3.97. The van der Waals surface area contributed by atoms with Crippen molar-refractivity contribution in [2.24, 2.45) is 5.84 Å². The van der Waals surface area contributed by atoms with Crippen molar-refractivity contribution in [2.45, 2.75) is 0 Å². The summed E-state index contributed by atoms with van der Waals surface area (Å²) in [6.45, 7) is 0. The van der Waals surface area contributed by atoms with Crippen molar-refractivity contribution in [3.63, 3.8) is 0 Å². The third-order valence-electron chi connectivity index (χ3n) is 2.18. The molecule has 6 heteroatoms. The number of carbonyl (C=O) groups excluding carboxylic acids is 1. The molecule has 2 rings (SSSR count). The minimum Gasteiger partial charge on any atom is -0.504 e. The summed E-state index contributed by atoms with van der Waals surface area (Å²) in [7, 11) is 0. The molecule has 0 atom stereocenters. The lowest BCUT2D eigenvalue weighted by atomic mass is 10.1. The monoisotopic (exact) mass is 219 g/mol. The van der Waals surface area contributed by atoms with E-state index in [0.29, 0.717) is 10.8 Å². The Labute approximate surface area is 90.3 Å². The van der Waals surface area contributed by atoms with Crippen molar-refractivity contribution in [3.05, 3.63) is 30.1 Å². The molecule has 1 aromatic heterocycles. The predicted molar refractivity (Wildman–Crippen MR) is 56.7 cm³/mol. The van der Waals surface area contributed by atoms with E-state index in [9.17, 15) is 15.0 Å². The van der Waals surface area contributed by atoms with Crippen molar-refractivity contribution >= 4 is 16.7 Å². The molecular weight excluding hydrogens is 210 g/mol. The molecule has 0 spiro atoms. The summed E-state index contributed by atoms with van der Waals surface area (Å²) >= 11 is 0. The molecule has 6 nitrogen and oxygen atoms in total. The number of pyridine rings is 1. The van der Waals surface area contributed by atoms with Crippen LogP contribution in [0.25, 0.3) is 10.8 Å². The number of aromatic nitrogens is 1. The number of hydrogen-bond donors (Lipinski definition) is 4. The Bertz CT molecular complexity index is 568. The topological polar surface area (TPSA) is 108 Å². The summed E-state index contributed by atoms with van der Waals surface area (Å²) in [5.41, 5.74) is 2.10. The maximum absolute atomic E-state index is 11.2. The first-order chi connectivity index (χ1) is 7.61. The summed E-state index contributed by atoms with van der Waals surface area (Å²) in [5, 5.41) is 19.8. The molecule has 5 N–H and O–H groups in total. The SMILES string of the molecule is NNC(=O)c1cc2cc(O)c(O)cc2cn1. The second kappa shape index (κ2) is 3.67. The van der Waals surface area contributed by atoms with Gasteiger partial charge in [0.15, 0.2) is 11.5 Å². The van der Waals surface area contributed by atoms with Gasteiger partial charge in [-0.15, -0.1) is 0 Å². The molecule has 1 heterocycles. The molecule has 82 valence electrons. The molecule has 0 aliphatic carbocycles. The smallest absolute Gasteiger partial charge is 0.283 e. The third-order valence-corrected chi connectivity index (χ3v) is 2.18. The van der Waals surface area contributed by atoms with E-state index >= 15 is 0 Å².